The van der Waals surface area contributed by atoms with Crippen molar-refractivity contribution in [2.24, 2.45) is 11.8 Å². The topological polar surface area (TPSA) is 57.0 Å². The summed E-state index contributed by atoms with van der Waals surface area (Å²) >= 11 is 0. The number of carbonyl (C=O) groups is 1. The molecule has 1 atom stereocenters. The van der Waals surface area contributed by atoms with Gasteiger partial charge < -0.3 is 4.74 Å². The lowest BCUT2D eigenvalue weighted by Crippen LogP contribution is -2.34. The van der Waals surface area contributed by atoms with Crippen molar-refractivity contribution < 1.29 is 9.53 Å². The third-order valence-corrected chi connectivity index (χ3v) is 4.22. The summed E-state index contributed by atoms with van der Waals surface area (Å²) < 4.78 is 7.36. The monoisotopic (exact) mass is 293 g/mol. The van der Waals surface area contributed by atoms with E-state index in [1.54, 1.807) is 7.11 Å². The quantitative estimate of drug-likeness (QED) is 0.775. The van der Waals surface area contributed by atoms with Crippen molar-refractivity contribution in [3.05, 3.63) is 12.2 Å². The van der Waals surface area contributed by atoms with Crippen LogP contribution in [0.5, 0.6) is 0 Å². The molecule has 0 aliphatic heterocycles. The minimum absolute atomic E-state index is 0.141. The second-order valence-electron chi connectivity index (χ2n) is 6.45. The SMILES string of the molecule is COC(C(=O)Cc1ncnn1CC(C)C)C1CCCCC1. The van der Waals surface area contributed by atoms with Crippen molar-refractivity contribution in [2.75, 3.05) is 7.11 Å². The van der Waals surface area contributed by atoms with Crippen LogP contribution >= 0.6 is 0 Å². The van der Waals surface area contributed by atoms with Crippen LogP contribution in [0, 0.1) is 11.8 Å². The Morgan fingerprint density at radius 2 is 2.10 bits per heavy atom. The summed E-state index contributed by atoms with van der Waals surface area (Å²) in [6, 6.07) is 0. The predicted molar refractivity (Wildman–Crippen MR) is 80.9 cm³/mol. The molecule has 0 saturated heterocycles. The molecule has 1 aromatic heterocycles. The summed E-state index contributed by atoms with van der Waals surface area (Å²) in [5.74, 6) is 1.75. The van der Waals surface area contributed by atoms with E-state index in [1.165, 1.54) is 25.6 Å². The number of ether oxygens (including phenoxy) is 1. The summed E-state index contributed by atoms with van der Waals surface area (Å²) in [6.45, 7) is 5.06. The van der Waals surface area contributed by atoms with Crippen molar-refractivity contribution in [1.82, 2.24) is 14.8 Å². The van der Waals surface area contributed by atoms with Crippen molar-refractivity contribution in [3.63, 3.8) is 0 Å². The van der Waals surface area contributed by atoms with Crippen LogP contribution in [0.3, 0.4) is 0 Å². The minimum atomic E-state index is -0.283. The molecule has 0 radical (unpaired) electrons. The van der Waals surface area contributed by atoms with E-state index in [0.29, 0.717) is 18.3 Å². The van der Waals surface area contributed by atoms with Gasteiger partial charge in [0.25, 0.3) is 0 Å². The van der Waals surface area contributed by atoms with Gasteiger partial charge in [-0.15, -0.1) is 0 Å². The molecule has 5 heteroatoms. The first-order valence-corrected chi connectivity index (χ1v) is 8.04. The van der Waals surface area contributed by atoms with Crippen LogP contribution < -0.4 is 0 Å². The minimum Gasteiger partial charge on any atom is -0.373 e. The lowest BCUT2D eigenvalue weighted by atomic mass is 9.83. The maximum atomic E-state index is 12.6. The van der Waals surface area contributed by atoms with E-state index in [-0.39, 0.29) is 11.9 Å². The van der Waals surface area contributed by atoms with Gasteiger partial charge in [-0.3, -0.25) is 4.79 Å². The van der Waals surface area contributed by atoms with Gasteiger partial charge in [-0.25, -0.2) is 9.67 Å². The molecule has 1 unspecified atom stereocenters. The number of methoxy groups -OCH3 is 1. The molecule has 1 aliphatic rings. The van der Waals surface area contributed by atoms with Gasteiger partial charge in [0.1, 0.15) is 18.3 Å². The lowest BCUT2D eigenvalue weighted by molar-refractivity contribution is -0.132. The zero-order valence-electron chi connectivity index (χ0n) is 13.4. The van der Waals surface area contributed by atoms with Gasteiger partial charge in [0.05, 0.1) is 6.42 Å². The largest absolute Gasteiger partial charge is 0.373 e. The zero-order chi connectivity index (χ0) is 15.2. The second-order valence-corrected chi connectivity index (χ2v) is 6.45. The number of hydrogen-bond donors (Lipinski definition) is 0. The Bertz CT molecular complexity index is 450. The second kappa shape index (κ2) is 7.69. The van der Waals surface area contributed by atoms with E-state index in [9.17, 15) is 4.79 Å². The summed E-state index contributed by atoms with van der Waals surface area (Å²) in [4.78, 5) is 16.8. The molecule has 1 heterocycles. The Hall–Kier alpha value is -1.23. The van der Waals surface area contributed by atoms with E-state index >= 15 is 0 Å². The molecule has 0 aromatic carbocycles. The van der Waals surface area contributed by atoms with Gasteiger partial charge >= 0.3 is 0 Å². The Kier molecular flexibility index (Phi) is 5.91. The third kappa shape index (κ3) is 4.37. The fraction of sp³-hybridized carbons (Fsp3) is 0.812. The average molecular weight is 293 g/mol. The fourth-order valence-electron chi connectivity index (χ4n) is 3.20. The average Bonchev–Trinajstić information content (AvgIpc) is 2.87. The molecule has 0 spiro atoms. The van der Waals surface area contributed by atoms with Gasteiger partial charge in [0, 0.05) is 13.7 Å². The standard InChI is InChI=1S/C16H27N3O2/c1-12(2)10-19-15(17-11-18-19)9-14(20)16(21-3)13-7-5-4-6-8-13/h11-13,16H,4-10H2,1-3H3. The lowest BCUT2D eigenvalue weighted by Gasteiger charge is -2.28. The van der Waals surface area contributed by atoms with Crippen molar-refractivity contribution in [3.8, 4) is 0 Å². The molecule has 1 saturated carbocycles. The van der Waals surface area contributed by atoms with Crippen LogP contribution in [0.2, 0.25) is 0 Å². The maximum absolute atomic E-state index is 12.6. The highest BCUT2D eigenvalue weighted by Gasteiger charge is 2.30. The summed E-state index contributed by atoms with van der Waals surface area (Å²) in [5, 5.41) is 4.22. The van der Waals surface area contributed by atoms with Crippen molar-refractivity contribution in [1.29, 1.82) is 0 Å². The first kappa shape index (κ1) is 16.1. The molecule has 0 bridgehead atoms. The van der Waals surface area contributed by atoms with Gasteiger partial charge in [-0.05, 0) is 24.7 Å². The molecule has 1 aliphatic carbocycles. The van der Waals surface area contributed by atoms with Crippen LogP contribution in [-0.4, -0.2) is 33.8 Å². The highest BCUT2D eigenvalue weighted by atomic mass is 16.5. The molecule has 2 rings (SSSR count). The zero-order valence-corrected chi connectivity index (χ0v) is 13.4. The van der Waals surface area contributed by atoms with E-state index in [2.05, 4.69) is 23.9 Å². The predicted octanol–water partition coefficient (Wildman–Crippen LogP) is 2.64. The Morgan fingerprint density at radius 1 is 1.38 bits per heavy atom. The first-order valence-electron chi connectivity index (χ1n) is 8.04. The molecule has 0 amide bonds. The third-order valence-electron chi connectivity index (χ3n) is 4.22. The fourth-order valence-corrected chi connectivity index (χ4v) is 3.20. The number of hydrogen-bond acceptors (Lipinski definition) is 4. The van der Waals surface area contributed by atoms with Crippen LogP contribution in [0.1, 0.15) is 51.8 Å². The number of carbonyl (C=O) groups excluding carboxylic acids is 1. The van der Waals surface area contributed by atoms with Crippen LogP contribution in [0.15, 0.2) is 6.33 Å². The molecule has 0 N–H and O–H groups in total. The molecule has 1 aromatic rings. The van der Waals surface area contributed by atoms with E-state index in [4.69, 9.17) is 4.74 Å². The normalized spacial score (nSPS) is 18.1. The van der Waals surface area contributed by atoms with Gasteiger partial charge in [-0.1, -0.05) is 33.1 Å². The van der Waals surface area contributed by atoms with Crippen molar-refractivity contribution >= 4 is 5.78 Å². The molecular weight excluding hydrogens is 266 g/mol. The summed E-state index contributed by atoms with van der Waals surface area (Å²) in [6.07, 6.45) is 7.47. The maximum Gasteiger partial charge on any atom is 0.169 e. The van der Waals surface area contributed by atoms with Crippen LogP contribution in [0.4, 0.5) is 0 Å². The Balaban J connectivity index is 2.00. The Labute approximate surface area is 127 Å². The highest BCUT2D eigenvalue weighted by molar-refractivity contribution is 5.84. The molecule has 21 heavy (non-hydrogen) atoms. The van der Waals surface area contributed by atoms with Crippen LogP contribution in [0.25, 0.3) is 0 Å². The first-order chi connectivity index (χ1) is 10.1. The molecule has 5 nitrogen and oxygen atoms in total. The van der Waals surface area contributed by atoms with E-state index < -0.39 is 0 Å². The highest BCUT2D eigenvalue weighted by Crippen LogP contribution is 2.28. The van der Waals surface area contributed by atoms with Gasteiger partial charge in [0.2, 0.25) is 0 Å². The number of aromatic nitrogens is 3. The van der Waals surface area contributed by atoms with Gasteiger partial charge in [0.15, 0.2) is 5.78 Å². The van der Waals surface area contributed by atoms with Crippen LogP contribution in [-0.2, 0) is 22.5 Å². The Morgan fingerprint density at radius 3 is 2.71 bits per heavy atom. The molecule has 118 valence electrons. The summed E-state index contributed by atoms with van der Waals surface area (Å²) in [7, 11) is 1.65. The number of Topliss-reactive ketones (excluding diaryl/α,β-unsaturated/α-hetero) is 1. The number of nitrogens with zero attached hydrogens (tertiary/aromatic N) is 3. The number of rotatable bonds is 7. The molecule has 1 fully saturated rings. The smallest absolute Gasteiger partial charge is 0.169 e. The number of ketones is 1. The van der Waals surface area contributed by atoms with E-state index in [1.807, 2.05) is 4.68 Å². The van der Waals surface area contributed by atoms with Gasteiger partial charge in [-0.2, -0.15) is 5.10 Å². The van der Waals surface area contributed by atoms with Crippen molar-refractivity contribution in [2.45, 2.75) is 65.0 Å². The summed E-state index contributed by atoms with van der Waals surface area (Å²) in [5.41, 5.74) is 0. The van der Waals surface area contributed by atoms with E-state index in [0.717, 1.165) is 25.2 Å². The molecular formula is C16H27N3O2.